The number of nitrogens with zero attached hydrogens (tertiary/aromatic N) is 3. The lowest BCUT2D eigenvalue weighted by atomic mass is 9.68. The summed E-state index contributed by atoms with van der Waals surface area (Å²) in [4.78, 5) is 7.68. The van der Waals surface area contributed by atoms with Crippen LogP contribution in [0.25, 0.3) is 0 Å². The lowest BCUT2D eigenvalue weighted by Crippen LogP contribution is -2.53. The number of likely N-dealkylation sites (tertiary alicyclic amines) is 3. The standard InChI is InChI=1S/C32H64N4/c1-5-6-7-8-9-10-11-12-13-14-15-31(33-30-20-26-36(4)27-21-30)32(28-16-22-34(2)23-17-28)29-18-24-35(3)25-19-29/h28-33H,5-27H2,1-4H3. The second-order valence-corrected chi connectivity index (χ2v) is 13.2. The van der Waals surface area contributed by atoms with Gasteiger partial charge in [-0.25, -0.2) is 0 Å². The monoisotopic (exact) mass is 505 g/mol. The van der Waals surface area contributed by atoms with Crippen molar-refractivity contribution in [1.82, 2.24) is 20.0 Å². The molecule has 0 amide bonds. The maximum atomic E-state index is 4.37. The van der Waals surface area contributed by atoms with Crippen LogP contribution in [-0.4, -0.2) is 87.2 Å². The Morgan fingerprint density at radius 1 is 0.556 bits per heavy atom. The Balaban J connectivity index is 1.55. The fraction of sp³-hybridized carbons (Fsp3) is 1.00. The van der Waals surface area contributed by atoms with Crippen molar-refractivity contribution in [2.45, 2.75) is 128 Å². The van der Waals surface area contributed by atoms with E-state index < -0.39 is 0 Å². The largest absolute Gasteiger partial charge is 0.311 e. The van der Waals surface area contributed by atoms with E-state index in [0.717, 1.165) is 29.8 Å². The average molecular weight is 505 g/mol. The van der Waals surface area contributed by atoms with Gasteiger partial charge in [0, 0.05) is 12.1 Å². The van der Waals surface area contributed by atoms with Gasteiger partial charge in [-0.05, 0) is 123 Å². The van der Waals surface area contributed by atoms with Crippen molar-refractivity contribution in [2.24, 2.45) is 17.8 Å². The van der Waals surface area contributed by atoms with Crippen LogP contribution in [0.3, 0.4) is 0 Å². The van der Waals surface area contributed by atoms with Crippen LogP contribution < -0.4 is 5.32 Å². The summed E-state index contributed by atoms with van der Waals surface area (Å²) in [5, 5.41) is 4.37. The summed E-state index contributed by atoms with van der Waals surface area (Å²) >= 11 is 0. The number of rotatable bonds is 16. The molecule has 0 radical (unpaired) electrons. The highest BCUT2D eigenvalue weighted by Gasteiger charge is 2.38. The van der Waals surface area contributed by atoms with Gasteiger partial charge in [-0.15, -0.1) is 0 Å². The predicted octanol–water partition coefficient (Wildman–Crippen LogP) is 6.65. The van der Waals surface area contributed by atoms with Crippen molar-refractivity contribution < 1.29 is 0 Å². The molecule has 36 heavy (non-hydrogen) atoms. The van der Waals surface area contributed by atoms with Crippen molar-refractivity contribution in [3.8, 4) is 0 Å². The first-order chi connectivity index (χ1) is 17.6. The smallest absolute Gasteiger partial charge is 0.0103 e. The number of unbranched alkanes of at least 4 members (excludes halogenated alkanes) is 9. The molecule has 0 aromatic rings. The Hall–Kier alpha value is -0.160. The summed E-state index contributed by atoms with van der Waals surface area (Å²) in [5.74, 6) is 2.76. The molecule has 3 aliphatic heterocycles. The van der Waals surface area contributed by atoms with E-state index in [2.05, 4.69) is 48.1 Å². The van der Waals surface area contributed by atoms with Crippen LogP contribution in [0.15, 0.2) is 0 Å². The third-order valence-electron chi connectivity index (χ3n) is 10.1. The fourth-order valence-electron chi connectivity index (χ4n) is 7.59. The first-order valence-electron chi connectivity index (χ1n) is 16.4. The van der Waals surface area contributed by atoms with E-state index >= 15 is 0 Å². The topological polar surface area (TPSA) is 21.8 Å². The van der Waals surface area contributed by atoms with Crippen LogP contribution in [0, 0.1) is 17.8 Å². The molecule has 0 aliphatic carbocycles. The van der Waals surface area contributed by atoms with E-state index in [1.807, 2.05) is 0 Å². The Bertz CT molecular complexity index is 508. The van der Waals surface area contributed by atoms with Gasteiger partial charge in [-0.1, -0.05) is 71.1 Å². The SMILES string of the molecule is CCCCCCCCCCCCC(NC1CCN(C)CC1)C(C1CCN(C)CC1)C1CCN(C)CC1. The molecular formula is C32H64N4. The first-order valence-corrected chi connectivity index (χ1v) is 16.4. The van der Waals surface area contributed by atoms with E-state index in [-0.39, 0.29) is 0 Å². The van der Waals surface area contributed by atoms with Crippen LogP contribution in [0.2, 0.25) is 0 Å². The normalized spacial score (nSPS) is 23.6. The maximum absolute atomic E-state index is 4.37. The molecule has 0 saturated carbocycles. The molecule has 0 spiro atoms. The van der Waals surface area contributed by atoms with Crippen molar-refractivity contribution in [3.05, 3.63) is 0 Å². The van der Waals surface area contributed by atoms with Gasteiger partial charge in [-0.2, -0.15) is 0 Å². The van der Waals surface area contributed by atoms with Gasteiger partial charge in [0.05, 0.1) is 0 Å². The third kappa shape index (κ3) is 10.9. The zero-order valence-corrected chi connectivity index (χ0v) is 25.0. The molecule has 3 aliphatic rings. The first kappa shape index (κ1) is 30.4. The highest BCUT2D eigenvalue weighted by molar-refractivity contribution is 4.93. The molecule has 3 fully saturated rings. The second-order valence-electron chi connectivity index (χ2n) is 13.2. The molecular weight excluding hydrogens is 440 g/mol. The van der Waals surface area contributed by atoms with Gasteiger partial charge in [0.15, 0.2) is 0 Å². The number of hydrogen-bond donors (Lipinski definition) is 1. The van der Waals surface area contributed by atoms with Crippen LogP contribution >= 0.6 is 0 Å². The molecule has 0 bridgehead atoms. The molecule has 1 atom stereocenters. The summed E-state index contributed by atoms with van der Waals surface area (Å²) < 4.78 is 0. The van der Waals surface area contributed by atoms with Gasteiger partial charge < -0.3 is 20.0 Å². The molecule has 3 rings (SSSR count). The third-order valence-corrected chi connectivity index (χ3v) is 10.1. The van der Waals surface area contributed by atoms with Crippen LogP contribution in [0.4, 0.5) is 0 Å². The minimum Gasteiger partial charge on any atom is -0.311 e. The van der Waals surface area contributed by atoms with Crippen LogP contribution in [0.5, 0.6) is 0 Å². The zero-order chi connectivity index (χ0) is 25.6. The van der Waals surface area contributed by atoms with Gasteiger partial charge in [0.1, 0.15) is 0 Å². The van der Waals surface area contributed by atoms with Crippen LogP contribution in [0.1, 0.15) is 116 Å². The Morgan fingerprint density at radius 2 is 0.944 bits per heavy atom. The second kappa shape index (κ2) is 17.4. The van der Waals surface area contributed by atoms with E-state index in [9.17, 15) is 0 Å². The van der Waals surface area contributed by atoms with Gasteiger partial charge in [0.2, 0.25) is 0 Å². The van der Waals surface area contributed by atoms with Gasteiger partial charge in [-0.3, -0.25) is 0 Å². The minimum atomic E-state index is 0.745. The molecule has 212 valence electrons. The molecule has 4 nitrogen and oxygen atoms in total. The number of hydrogen-bond acceptors (Lipinski definition) is 4. The minimum absolute atomic E-state index is 0.745. The average Bonchev–Trinajstić information content (AvgIpc) is 2.88. The Morgan fingerprint density at radius 3 is 1.39 bits per heavy atom. The summed E-state index contributed by atoms with van der Waals surface area (Å²) in [6, 6.07) is 1.49. The predicted molar refractivity (Wildman–Crippen MR) is 158 cm³/mol. The molecule has 1 N–H and O–H groups in total. The van der Waals surface area contributed by atoms with E-state index in [1.165, 1.54) is 148 Å². The molecule has 3 saturated heterocycles. The molecule has 3 heterocycles. The molecule has 0 aromatic heterocycles. The van der Waals surface area contributed by atoms with E-state index in [0.29, 0.717) is 0 Å². The summed E-state index contributed by atoms with van der Waals surface area (Å²) in [7, 11) is 6.97. The molecule has 1 unspecified atom stereocenters. The van der Waals surface area contributed by atoms with Crippen LogP contribution in [-0.2, 0) is 0 Å². The lowest BCUT2D eigenvalue weighted by molar-refractivity contribution is 0.0562. The zero-order valence-electron chi connectivity index (χ0n) is 25.0. The summed E-state index contributed by atoms with van der Waals surface area (Å²) in [6.45, 7) is 10.1. The highest BCUT2D eigenvalue weighted by Crippen LogP contribution is 2.39. The quantitative estimate of drug-likeness (QED) is 0.238. The van der Waals surface area contributed by atoms with Crippen molar-refractivity contribution >= 4 is 0 Å². The van der Waals surface area contributed by atoms with Gasteiger partial charge in [0.25, 0.3) is 0 Å². The fourth-order valence-corrected chi connectivity index (χ4v) is 7.59. The van der Waals surface area contributed by atoms with Crippen molar-refractivity contribution in [2.75, 3.05) is 60.4 Å². The van der Waals surface area contributed by atoms with Gasteiger partial charge >= 0.3 is 0 Å². The molecule has 0 aromatic carbocycles. The molecule has 4 heteroatoms. The summed E-state index contributed by atoms with van der Waals surface area (Å²) in [6.07, 6.45) is 24.3. The Labute approximate surface area is 226 Å². The Kier molecular flexibility index (Phi) is 14.7. The lowest BCUT2D eigenvalue weighted by Gasteiger charge is -2.46. The summed E-state index contributed by atoms with van der Waals surface area (Å²) in [5.41, 5.74) is 0. The maximum Gasteiger partial charge on any atom is 0.0103 e. The van der Waals surface area contributed by atoms with Crippen molar-refractivity contribution in [1.29, 1.82) is 0 Å². The highest BCUT2D eigenvalue weighted by atomic mass is 15.1. The number of nitrogens with one attached hydrogen (secondary N) is 1. The number of piperidine rings is 3. The van der Waals surface area contributed by atoms with E-state index in [4.69, 9.17) is 0 Å². The van der Waals surface area contributed by atoms with Crippen molar-refractivity contribution in [3.63, 3.8) is 0 Å². The van der Waals surface area contributed by atoms with E-state index in [1.54, 1.807) is 0 Å².